The smallest absolute Gasteiger partial charge is 0.411 e. The van der Waals surface area contributed by atoms with E-state index in [1.165, 1.54) is 24.3 Å². The summed E-state index contributed by atoms with van der Waals surface area (Å²) < 4.78 is 5.96. The Morgan fingerprint density at radius 2 is 1.88 bits per heavy atom. The summed E-state index contributed by atoms with van der Waals surface area (Å²) >= 11 is 1.70. The van der Waals surface area contributed by atoms with Gasteiger partial charge in [-0.2, -0.15) is 0 Å². The van der Waals surface area contributed by atoms with Crippen molar-refractivity contribution in [1.82, 2.24) is 4.90 Å². The van der Waals surface area contributed by atoms with Crippen molar-refractivity contribution in [3.63, 3.8) is 0 Å². The van der Waals surface area contributed by atoms with Gasteiger partial charge in [0.15, 0.2) is 0 Å². The third kappa shape index (κ3) is 2.93. The molecule has 2 atom stereocenters. The summed E-state index contributed by atoms with van der Waals surface area (Å²) in [6.45, 7) is 5.51. The van der Waals surface area contributed by atoms with E-state index in [9.17, 15) is 4.79 Å². The van der Waals surface area contributed by atoms with Gasteiger partial charge in [0.05, 0.1) is 10.6 Å². The van der Waals surface area contributed by atoms with Crippen LogP contribution in [0.2, 0.25) is 0 Å². The zero-order valence-electron chi connectivity index (χ0n) is 15.0. The number of piperidine rings is 3. The molecule has 4 aliphatic rings. The van der Waals surface area contributed by atoms with E-state index in [4.69, 9.17) is 4.74 Å². The summed E-state index contributed by atoms with van der Waals surface area (Å²) in [7, 11) is 0. The number of anilines is 1. The van der Waals surface area contributed by atoms with E-state index in [1.807, 2.05) is 24.3 Å². The van der Waals surface area contributed by atoms with Gasteiger partial charge in [0.2, 0.25) is 0 Å². The molecule has 1 saturated carbocycles. The number of benzene rings is 1. The number of aryl methyl sites for hydroxylation is 1. The van der Waals surface area contributed by atoms with Gasteiger partial charge in [0, 0.05) is 36.3 Å². The topological polar surface area (TPSA) is 41.6 Å². The van der Waals surface area contributed by atoms with Crippen molar-refractivity contribution in [3.8, 4) is 10.4 Å². The summed E-state index contributed by atoms with van der Waals surface area (Å²) in [5, 5.41) is 3.02. The van der Waals surface area contributed by atoms with E-state index < -0.39 is 0 Å². The van der Waals surface area contributed by atoms with Gasteiger partial charge >= 0.3 is 6.09 Å². The molecular weight excluding hydrogens is 344 g/mol. The Kier molecular flexibility index (Phi) is 4.02. The molecule has 6 rings (SSSR count). The molecule has 26 heavy (non-hydrogen) atoms. The standard InChI is InChI=1S/C21H24N2O2S/c1-13-7-18(20(26-13)15-5-3-2-4-6-15)22-21(24)25-19-16-8-14-9-17(19)12-23(10-14)11-16/h2-7,14,16-17,19H,8-12H2,1H3,(H,22,24). The summed E-state index contributed by atoms with van der Waals surface area (Å²) in [5.41, 5.74) is 1.99. The van der Waals surface area contributed by atoms with Gasteiger partial charge < -0.3 is 9.64 Å². The minimum atomic E-state index is -0.299. The highest BCUT2D eigenvalue weighted by Crippen LogP contribution is 2.45. The van der Waals surface area contributed by atoms with E-state index >= 15 is 0 Å². The lowest BCUT2D eigenvalue weighted by molar-refractivity contribution is -0.110. The average molecular weight is 369 g/mol. The molecule has 2 aromatic rings. The van der Waals surface area contributed by atoms with Crippen LogP contribution in [-0.4, -0.2) is 36.7 Å². The van der Waals surface area contributed by atoms with Crippen LogP contribution in [-0.2, 0) is 4.74 Å². The molecule has 4 fully saturated rings. The maximum absolute atomic E-state index is 12.7. The van der Waals surface area contributed by atoms with Gasteiger partial charge in [-0.05, 0) is 37.3 Å². The third-order valence-electron chi connectivity index (χ3n) is 6.07. The van der Waals surface area contributed by atoms with E-state index in [1.54, 1.807) is 11.3 Å². The summed E-state index contributed by atoms with van der Waals surface area (Å²) in [5.74, 6) is 1.86. The lowest BCUT2D eigenvalue weighted by Crippen LogP contribution is -2.61. The summed E-state index contributed by atoms with van der Waals surface area (Å²) in [6.07, 6.45) is 2.23. The summed E-state index contributed by atoms with van der Waals surface area (Å²) in [6, 6.07) is 12.2. The molecule has 1 aliphatic carbocycles. The van der Waals surface area contributed by atoms with Crippen LogP contribution in [0, 0.1) is 24.7 Å². The minimum Gasteiger partial charge on any atom is -0.445 e. The lowest BCUT2D eigenvalue weighted by Gasteiger charge is -2.54. The number of thiophene rings is 1. The first-order valence-corrected chi connectivity index (χ1v) is 10.3. The minimum absolute atomic E-state index is 0.0858. The van der Waals surface area contributed by atoms with Crippen LogP contribution in [0.1, 0.15) is 17.7 Å². The molecular formula is C21H24N2O2S. The van der Waals surface area contributed by atoms with Crippen LogP contribution in [0.15, 0.2) is 36.4 Å². The fraction of sp³-hybridized carbons (Fsp3) is 0.476. The van der Waals surface area contributed by atoms with Crippen molar-refractivity contribution in [3.05, 3.63) is 41.3 Å². The number of rotatable bonds is 3. The second-order valence-electron chi connectivity index (χ2n) is 8.04. The molecule has 0 radical (unpaired) electrons. The van der Waals surface area contributed by atoms with Crippen LogP contribution >= 0.6 is 11.3 Å². The zero-order chi connectivity index (χ0) is 17.7. The second kappa shape index (κ2) is 6.39. The van der Waals surface area contributed by atoms with Crippen molar-refractivity contribution in [1.29, 1.82) is 0 Å². The Morgan fingerprint density at radius 1 is 1.15 bits per heavy atom. The quantitative estimate of drug-likeness (QED) is 0.860. The lowest BCUT2D eigenvalue weighted by atomic mass is 9.66. The van der Waals surface area contributed by atoms with Gasteiger partial charge in [-0.1, -0.05) is 30.3 Å². The number of ether oxygens (including phenoxy) is 1. The molecule has 1 aromatic carbocycles. The van der Waals surface area contributed by atoms with Crippen molar-refractivity contribution in [2.45, 2.75) is 25.9 Å². The van der Waals surface area contributed by atoms with Gasteiger partial charge in [-0.3, -0.25) is 5.32 Å². The van der Waals surface area contributed by atoms with E-state index in [0.29, 0.717) is 11.8 Å². The third-order valence-corrected chi connectivity index (χ3v) is 7.17. The van der Waals surface area contributed by atoms with Crippen LogP contribution in [0.3, 0.4) is 0 Å². The highest BCUT2D eigenvalue weighted by atomic mass is 32.1. The maximum Gasteiger partial charge on any atom is 0.411 e. The SMILES string of the molecule is Cc1cc(NC(=O)OC2C3CC4CC2CN(C4)C3)c(-c2ccccc2)s1. The van der Waals surface area contributed by atoms with Crippen molar-refractivity contribution < 1.29 is 9.53 Å². The largest absolute Gasteiger partial charge is 0.445 e. The van der Waals surface area contributed by atoms with Gasteiger partial charge in [0.25, 0.3) is 0 Å². The van der Waals surface area contributed by atoms with Crippen LogP contribution < -0.4 is 5.32 Å². The average Bonchev–Trinajstić information content (AvgIpc) is 2.98. The molecule has 4 nitrogen and oxygen atoms in total. The number of carbonyl (C=O) groups is 1. The highest BCUT2D eigenvalue weighted by molar-refractivity contribution is 7.16. The highest BCUT2D eigenvalue weighted by Gasteiger charge is 2.49. The fourth-order valence-corrected chi connectivity index (χ4v) is 6.20. The first-order chi connectivity index (χ1) is 12.7. The normalized spacial score (nSPS) is 31.8. The van der Waals surface area contributed by atoms with Crippen LogP contribution in [0.4, 0.5) is 10.5 Å². The Bertz CT molecular complexity index is 789. The molecule has 1 amide bonds. The molecule has 3 saturated heterocycles. The predicted octanol–water partition coefficient (Wildman–Crippen LogP) is 4.61. The van der Waals surface area contributed by atoms with Crippen molar-refractivity contribution in [2.75, 3.05) is 25.0 Å². The van der Waals surface area contributed by atoms with E-state index in [0.717, 1.165) is 35.1 Å². The van der Waals surface area contributed by atoms with E-state index in [-0.39, 0.29) is 12.2 Å². The molecule has 1 aromatic heterocycles. The molecule has 1 N–H and O–H groups in total. The maximum atomic E-state index is 12.7. The molecule has 5 heteroatoms. The Balaban J connectivity index is 1.31. The number of hydrogen-bond donors (Lipinski definition) is 1. The number of nitrogens with zero attached hydrogens (tertiary/aromatic N) is 1. The number of amides is 1. The monoisotopic (exact) mass is 368 g/mol. The molecule has 0 spiro atoms. The fourth-order valence-electron chi connectivity index (χ4n) is 5.23. The first-order valence-electron chi connectivity index (χ1n) is 9.51. The molecule has 4 heterocycles. The first kappa shape index (κ1) is 16.3. The number of nitrogens with one attached hydrogen (secondary N) is 1. The predicted molar refractivity (Wildman–Crippen MR) is 105 cm³/mol. The van der Waals surface area contributed by atoms with Gasteiger partial charge in [-0.25, -0.2) is 4.79 Å². The molecule has 3 aliphatic heterocycles. The van der Waals surface area contributed by atoms with Gasteiger partial charge in [-0.15, -0.1) is 11.3 Å². The van der Waals surface area contributed by atoms with Gasteiger partial charge in [0.1, 0.15) is 6.10 Å². The number of hydrogen-bond acceptors (Lipinski definition) is 4. The number of carbonyl (C=O) groups excluding carboxylic acids is 1. The second-order valence-corrected chi connectivity index (χ2v) is 9.29. The van der Waals surface area contributed by atoms with Crippen LogP contribution in [0.5, 0.6) is 0 Å². The van der Waals surface area contributed by atoms with E-state index in [2.05, 4.69) is 29.3 Å². The van der Waals surface area contributed by atoms with Crippen molar-refractivity contribution >= 4 is 23.1 Å². The van der Waals surface area contributed by atoms with Crippen LogP contribution in [0.25, 0.3) is 10.4 Å². The summed E-state index contributed by atoms with van der Waals surface area (Å²) in [4.78, 5) is 17.5. The molecule has 4 bridgehead atoms. The Morgan fingerprint density at radius 3 is 2.58 bits per heavy atom. The Labute approximate surface area is 158 Å². The zero-order valence-corrected chi connectivity index (χ0v) is 15.8. The molecule has 136 valence electrons. The van der Waals surface area contributed by atoms with Crippen molar-refractivity contribution in [2.24, 2.45) is 17.8 Å². The Hall–Kier alpha value is -1.85. The molecule has 2 unspecified atom stereocenters.